The Bertz CT molecular complexity index is 658. The van der Waals surface area contributed by atoms with Crippen LogP contribution in [-0.2, 0) is 4.74 Å². The van der Waals surface area contributed by atoms with Gasteiger partial charge in [0.25, 0.3) is 5.91 Å². The lowest BCUT2D eigenvalue weighted by atomic mass is 10.1. The van der Waals surface area contributed by atoms with Crippen molar-refractivity contribution in [3.05, 3.63) is 58.9 Å². The van der Waals surface area contributed by atoms with Crippen LogP contribution in [0.3, 0.4) is 0 Å². The van der Waals surface area contributed by atoms with Crippen molar-refractivity contribution in [2.45, 2.75) is 0 Å². The molecule has 0 radical (unpaired) electrons. The number of benzene rings is 1. The molecule has 2 rings (SSSR count). The maximum absolute atomic E-state index is 12.1. The topological polar surface area (TPSA) is 68.3 Å². The van der Waals surface area contributed by atoms with Gasteiger partial charge in [0.05, 0.1) is 23.9 Å². The molecule has 0 saturated heterocycles. The highest BCUT2D eigenvalue weighted by Crippen LogP contribution is 2.19. The third-order valence-electron chi connectivity index (χ3n) is 2.58. The molecule has 0 spiro atoms. The standard InChI is InChI=1S/C14H11ClN2O3/c1-20-14(19)9-5-2-3-7-11(9)17-13(18)10-6-4-8-16-12(10)15/h2-8H,1H3,(H,17,18). The summed E-state index contributed by atoms with van der Waals surface area (Å²) in [4.78, 5) is 27.5. The molecule has 0 bridgehead atoms. The van der Waals surface area contributed by atoms with Crippen molar-refractivity contribution in [3.8, 4) is 0 Å². The van der Waals surface area contributed by atoms with Gasteiger partial charge in [0.15, 0.2) is 0 Å². The maximum Gasteiger partial charge on any atom is 0.339 e. The molecule has 1 N–H and O–H groups in total. The highest BCUT2D eigenvalue weighted by Gasteiger charge is 2.16. The third-order valence-corrected chi connectivity index (χ3v) is 2.89. The van der Waals surface area contributed by atoms with E-state index in [0.717, 1.165) is 0 Å². The number of carbonyl (C=O) groups excluding carboxylic acids is 2. The first-order valence-electron chi connectivity index (χ1n) is 5.72. The monoisotopic (exact) mass is 290 g/mol. The lowest BCUT2D eigenvalue weighted by molar-refractivity contribution is 0.0602. The largest absolute Gasteiger partial charge is 0.465 e. The zero-order valence-electron chi connectivity index (χ0n) is 10.6. The molecule has 0 aliphatic heterocycles. The Balaban J connectivity index is 2.29. The van der Waals surface area contributed by atoms with Crippen LogP contribution < -0.4 is 5.32 Å². The number of hydrogen-bond donors (Lipinski definition) is 1. The predicted molar refractivity (Wildman–Crippen MR) is 75.0 cm³/mol. The van der Waals surface area contributed by atoms with Gasteiger partial charge in [0.1, 0.15) is 5.15 Å². The summed E-state index contributed by atoms with van der Waals surface area (Å²) in [6, 6.07) is 9.70. The number of methoxy groups -OCH3 is 1. The predicted octanol–water partition coefficient (Wildman–Crippen LogP) is 2.77. The highest BCUT2D eigenvalue weighted by molar-refractivity contribution is 6.33. The number of esters is 1. The van der Waals surface area contributed by atoms with E-state index in [-0.39, 0.29) is 16.3 Å². The van der Waals surface area contributed by atoms with E-state index in [9.17, 15) is 9.59 Å². The van der Waals surface area contributed by atoms with Crippen LogP contribution in [0.1, 0.15) is 20.7 Å². The van der Waals surface area contributed by atoms with E-state index in [0.29, 0.717) is 5.69 Å². The van der Waals surface area contributed by atoms with Crippen LogP contribution in [0.25, 0.3) is 0 Å². The van der Waals surface area contributed by atoms with E-state index in [2.05, 4.69) is 15.0 Å². The summed E-state index contributed by atoms with van der Waals surface area (Å²) < 4.78 is 4.66. The van der Waals surface area contributed by atoms with Gasteiger partial charge < -0.3 is 10.1 Å². The van der Waals surface area contributed by atoms with Gasteiger partial charge in [-0.15, -0.1) is 0 Å². The van der Waals surface area contributed by atoms with Crippen LogP contribution in [0.4, 0.5) is 5.69 Å². The van der Waals surface area contributed by atoms with Crippen molar-refractivity contribution >= 4 is 29.2 Å². The summed E-state index contributed by atoms with van der Waals surface area (Å²) in [6.45, 7) is 0. The zero-order chi connectivity index (χ0) is 14.5. The fourth-order valence-electron chi connectivity index (χ4n) is 1.63. The molecule has 2 aromatic rings. The van der Waals surface area contributed by atoms with Gasteiger partial charge in [0.2, 0.25) is 0 Å². The second-order valence-corrected chi connectivity index (χ2v) is 4.19. The fourth-order valence-corrected chi connectivity index (χ4v) is 1.83. The van der Waals surface area contributed by atoms with Crippen LogP contribution in [-0.4, -0.2) is 24.0 Å². The smallest absolute Gasteiger partial charge is 0.339 e. The van der Waals surface area contributed by atoms with Crippen LogP contribution >= 0.6 is 11.6 Å². The van der Waals surface area contributed by atoms with Gasteiger partial charge >= 0.3 is 5.97 Å². The quantitative estimate of drug-likeness (QED) is 0.697. The zero-order valence-corrected chi connectivity index (χ0v) is 11.3. The molecule has 5 nitrogen and oxygen atoms in total. The van der Waals surface area contributed by atoms with Gasteiger partial charge in [-0.05, 0) is 24.3 Å². The Kier molecular flexibility index (Phi) is 4.32. The molecular weight excluding hydrogens is 280 g/mol. The van der Waals surface area contributed by atoms with Crippen LogP contribution in [0.15, 0.2) is 42.6 Å². The molecule has 6 heteroatoms. The molecule has 1 heterocycles. The molecule has 0 unspecified atom stereocenters. The van der Waals surface area contributed by atoms with E-state index >= 15 is 0 Å². The normalized spacial score (nSPS) is 9.90. The first kappa shape index (κ1) is 14.0. The molecule has 1 amide bonds. The number of halogens is 1. The number of aromatic nitrogens is 1. The number of nitrogens with zero attached hydrogens (tertiary/aromatic N) is 1. The molecule has 0 atom stereocenters. The second-order valence-electron chi connectivity index (χ2n) is 3.83. The van der Waals surface area contributed by atoms with Crippen molar-refractivity contribution in [3.63, 3.8) is 0 Å². The number of pyridine rings is 1. The molecule has 20 heavy (non-hydrogen) atoms. The van der Waals surface area contributed by atoms with Crippen LogP contribution in [0, 0.1) is 0 Å². The number of rotatable bonds is 3. The van der Waals surface area contributed by atoms with Gasteiger partial charge in [-0.1, -0.05) is 23.7 Å². The summed E-state index contributed by atoms with van der Waals surface area (Å²) in [6.07, 6.45) is 1.49. The summed E-state index contributed by atoms with van der Waals surface area (Å²) in [7, 11) is 1.28. The van der Waals surface area contributed by atoms with E-state index in [4.69, 9.17) is 11.6 Å². The number of amides is 1. The van der Waals surface area contributed by atoms with Crippen molar-refractivity contribution in [2.75, 3.05) is 12.4 Å². The second kappa shape index (κ2) is 6.16. The Morgan fingerprint density at radius 3 is 2.55 bits per heavy atom. The number of anilines is 1. The maximum atomic E-state index is 12.1. The highest BCUT2D eigenvalue weighted by atomic mass is 35.5. The first-order valence-corrected chi connectivity index (χ1v) is 6.10. The minimum absolute atomic E-state index is 0.0977. The molecule has 102 valence electrons. The number of para-hydroxylation sites is 1. The average molecular weight is 291 g/mol. The van der Waals surface area contributed by atoms with E-state index in [1.807, 2.05) is 0 Å². The number of ether oxygens (including phenoxy) is 1. The Hall–Kier alpha value is -2.40. The van der Waals surface area contributed by atoms with Gasteiger partial charge in [-0.3, -0.25) is 4.79 Å². The van der Waals surface area contributed by atoms with Crippen molar-refractivity contribution in [1.29, 1.82) is 0 Å². The summed E-state index contributed by atoms with van der Waals surface area (Å²) in [5.41, 5.74) is 0.849. The van der Waals surface area contributed by atoms with Crippen LogP contribution in [0.5, 0.6) is 0 Å². The van der Waals surface area contributed by atoms with Crippen LogP contribution in [0.2, 0.25) is 5.15 Å². The third kappa shape index (κ3) is 2.95. The van der Waals surface area contributed by atoms with Gasteiger partial charge in [0, 0.05) is 6.20 Å². The molecule has 0 aliphatic carbocycles. The molecule has 0 fully saturated rings. The molecule has 0 aliphatic rings. The number of carbonyl (C=O) groups is 2. The van der Waals surface area contributed by atoms with E-state index in [1.54, 1.807) is 36.4 Å². The number of nitrogens with one attached hydrogen (secondary N) is 1. The van der Waals surface area contributed by atoms with Crippen molar-refractivity contribution in [2.24, 2.45) is 0 Å². The minimum Gasteiger partial charge on any atom is -0.465 e. The molecule has 1 aromatic heterocycles. The first-order chi connectivity index (χ1) is 9.63. The van der Waals surface area contributed by atoms with Gasteiger partial charge in [-0.25, -0.2) is 9.78 Å². The number of hydrogen-bond acceptors (Lipinski definition) is 4. The minimum atomic E-state index is -0.529. The molecule has 0 saturated carbocycles. The van der Waals surface area contributed by atoms with E-state index in [1.165, 1.54) is 13.3 Å². The average Bonchev–Trinajstić information content (AvgIpc) is 2.47. The van der Waals surface area contributed by atoms with E-state index < -0.39 is 11.9 Å². The lowest BCUT2D eigenvalue weighted by Crippen LogP contribution is -2.16. The SMILES string of the molecule is COC(=O)c1ccccc1NC(=O)c1cccnc1Cl. The summed E-state index contributed by atoms with van der Waals surface area (Å²) in [5.74, 6) is -0.974. The Morgan fingerprint density at radius 1 is 1.15 bits per heavy atom. The van der Waals surface area contributed by atoms with Crippen molar-refractivity contribution < 1.29 is 14.3 Å². The van der Waals surface area contributed by atoms with Crippen molar-refractivity contribution in [1.82, 2.24) is 4.98 Å². The lowest BCUT2D eigenvalue weighted by Gasteiger charge is -2.09. The summed E-state index contributed by atoms with van der Waals surface area (Å²) in [5, 5.41) is 2.72. The fraction of sp³-hybridized carbons (Fsp3) is 0.0714. The molecule has 1 aromatic carbocycles. The van der Waals surface area contributed by atoms with Gasteiger partial charge in [-0.2, -0.15) is 0 Å². The molecular formula is C14H11ClN2O3. The summed E-state index contributed by atoms with van der Waals surface area (Å²) >= 11 is 5.85. The Morgan fingerprint density at radius 2 is 1.85 bits per heavy atom. The Labute approximate surface area is 120 Å².